The second-order valence-electron chi connectivity index (χ2n) is 18.6. The van der Waals surface area contributed by atoms with Crippen molar-refractivity contribution in [1.29, 1.82) is 0 Å². The van der Waals surface area contributed by atoms with Crippen LogP contribution in [0.5, 0.6) is 0 Å². The van der Waals surface area contributed by atoms with Gasteiger partial charge in [0.2, 0.25) is 0 Å². The summed E-state index contributed by atoms with van der Waals surface area (Å²) in [6.45, 7) is 11.3. The van der Waals surface area contributed by atoms with E-state index in [-0.39, 0.29) is 30.6 Å². The second-order valence-corrected chi connectivity index (χ2v) is 18.6. The van der Waals surface area contributed by atoms with Gasteiger partial charge in [-0.1, -0.05) is 162 Å². The van der Waals surface area contributed by atoms with Crippen molar-refractivity contribution in [3.05, 3.63) is 24.0 Å². The number of amides is 1. The second kappa shape index (κ2) is 46.6. The highest BCUT2D eigenvalue weighted by Gasteiger charge is 2.16. The molecule has 1 unspecified atom stereocenters. The number of carbonyl (C=O) groups is 3. The predicted octanol–water partition coefficient (Wildman–Crippen LogP) is 12.8. The average molecular weight is 920 g/mol. The molecule has 0 radical (unpaired) electrons. The van der Waals surface area contributed by atoms with Gasteiger partial charge in [0.15, 0.2) is 0 Å². The summed E-state index contributed by atoms with van der Waals surface area (Å²) in [4.78, 5) is 42.5. The molecule has 0 bridgehead atoms. The minimum Gasteiger partial charge on any atom is -0.466 e. The lowest BCUT2D eigenvalue weighted by Crippen LogP contribution is -2.36. The summed E-state index contributed by atoms with van der Waals surface area (Å²) in [5, 5.41) is 13.7. The van der Waals surface area contributed by atoms with E-state index in [0.29, 0.717) is 57.9 Å². The summed E-state index contributed by atoms with van der Waals surface area (Å²) < 4.78 is 22.9. The van der Waals surface area contributed by atoms with Crippen LogP contribution in [0.15, 0.2) is 18.5 Å². The molecule has 0 aliphatic rings. The monoisotopic (exact) mass is 920 g/mol. The van der Waals surface area contributed by atoms with Crippen molar-refractivity contribution >= 4 is 17.8 Å². The predicted molar refractivity (Wildman–Crippen MR) is 267 cm³/mol. The maximum Gasteiger partial charge on any atom is 0.306 e. The van der Waals surface area contributed by atoms with Gasteiger partial charge in [0.05, 0.1) is 44.7 Å². The summed E-state index contributed by atoms with van der Waals surface area (Å²) in [6, 6.07) is 1.72. The third-order valence-electron chi connectivity index (χ3n) is 12.3. The highest BCUT2D eigenvalue weighted by atomic mass is 16.5. The number of rotatable bonds is 50. The number of esters is 2. The lowest BCUT2D eigenvalue weighted by Gasteiger charge is -2.25. The number of hydrogen-bond donors (Lipinski definition) is 3. The van der Waals surface area contributed by atoms with E-state index < -0.39 is 6.10 Å². The molecule has 1 aromatic rings. The standard InChI is InChI=1S/C54H101N3O8/c1-4-7-10-13-16-17-18-24-32-42-64-52(59)35-29-25-31-41-57(47-50(58)48-63-45-44-62-43-39-56-54(61)49-37-38-55-46-49)40-30-23-19-22-28-36-53(60)65-51(33-26-20-14-11-8-5-2)34-27-21-15-12-9-6-3/h37-38,46,50-51,55,58H,4-36,39-45,47-48H2,1-3H3,(H,56,61). The summed E-state index contributed by atoms with van der Waals surface area (Å²) in [6.07, 6.45) is 39.9. The normalized spacial score (nSPS) is 12.0. The Morgan fingerprint density at radius 2 is 1.08 bits per heavy atom. The Labute approximate surface area is 398 Å². The SMILES string of the molecule is CCCCCCCCCCCOC(=O)CCCCCN(CCCCCCCC(=O)OC(CCCCCCCC)CCCCCCCC)CC(O)COCCOCCNC(=O)c1cc[nH]c1. The van der Waals surface area contributed by atoms with E-state index in [1.165, 1.54) is 109 Å². The molecule has 1 heterocycles. The first kappa shape index (κ1) is 60.5. The molecule has 0 fully saturated rings. The van der Waals surface area contributed by atoms with E-state index in [4.69, 9.17) is 18.9 Å². The Balaban J connectivity index is 2.39. The summed E-state index contributed by atoms with van der Waals surface area (Å²) in [5.41, 5.74) is 0.589. The minimum atomic E-state index is -0.622. The molecule has 11 heteroatoms. The van der Waals surface area contributed by atoms with Crippen molar-refractivity contribution in [3.63, 3.8) is 0 Å². The quantitative estimate of drug-likeness (QED) is 0.0430. The van der Waals surface area contributed by atoms with Crippen LogP contribution >= 0.6 is 0 Å². The fraction of sp³-hybridized carbons (Fsp3) is 0.870. The van der Waals surface area contributed by atoms with Crippen LogP contribution in [-0.4, -0.2) is 104 Å². The molecule has 11 nitrogen and oxygen atoms in total. The first-order valence-electron chi connectivity index (χ1n) is 27.2. The lowest BCUT2D eigenvalue weighted by molar-refractivity contribution is -0.150. The van der Waals surface area contributed by atoms with E-state index in [2.05, 4.69) is 36.0 Å². The molecule has 0 saturated heterocycles. The van der Waals surface area contributed by atoms with Gasteiger partial charge >= 0.3 is 11.9 Å². The zero-order valence-electron chi connectivity index (χ0n) is 42.3. The first-order chi connectivity index (χ1) is 31.9. The van der Waals surface area contributed by atoms with Crippen LogP contribution in [0.2, 0.25) is 0 Å². The average Bonchev–Trinajstić information content (AvgIpc) is 3.85. The van der Waals surface area contributed by atoms with E-state index >= 15 is 0 Å². The van der Waals surface area contributed by atoms with E-state index in [0.717, 1.165) is 103 Å². The molecule has 0 saturated carbocycles. The minimum absolute atomic E-state index is 0.0232. The number of aromatic amines is 1. The van der Waals surface area contributed by atoms with Crippen molar-refractivity contribution in [2.24, 2.45) is 0 Å². The van der Waals surface area contributed by atoms with Crippen LogP contribution in [0, 0.1) is 0 Å². The van der Waals surface area contributed by atoms with E-state index in [1.54, 1.807) is 18.5 Å². The highest BCUT2D eigenvalue weighted by Crippen LogP contribution is 2.19. The molecule has 3 N–H and O–H groups in total. The number of H-pyrrole nitrogens is 1. The molecule has 1 amide bonds. The van der Waals surface area contributed by atoms with Crippen molar-refractivity contribution < 1.29 is 38.4 Å². The zero-order chi connectivity index (χ0) is 47.1. The number of unbranched alkanes of at least 4 members (excludes halogenated alkanes) is 24. The maximum absolute atomic E-state index is 12.9. The molecule has 0 aliphatic carbocycles. The lowest BCUT2D eigenvalue weighted by atomic mass is 10.0. The van der Waals surface area contributed by atoms with Gasteiger partial charge in [0.1, 0.15) is 6.10 Å². The van der Waals surface area contributed by atoms with E-state index in [9.17, 15) is 19.5 Å². The van der Waals surface area contributed by atoms with Gasteiger partial charge in [0, 0.05) is 38.3 Å². The summed E-state index contributed by atoms with van der Waals surface area (Å²) in [7, 11) is 0. The molecule has 1 rings (SSSR count). The number of aliphatic hydroxyl groups is 1. The largest absolute Gasteiger partial charge is 0.466 e. The Kier molecular flexibility index (Phi) is 43.4. The number of aromatic nitrogens is 1. The van der Waals surface area contributed by atoms with Crippen molar-refractivity contribution in [2.45, 2.75) is 245 Å². The molecular weight excluding hydrogens is 819 g/mol. The summed E-state index contributed by atoms with van der Waals surface area (Å²) >= 11 is 0. The van der Waals surface area contributed by atoms with Gasteiger partial charge in [-0.3, -0.25) is 14.4 Å². The molecule has 0 aromatic carbocycles. The fourth-order valence-corrected chi connectivity index (χ4v) is 8.29. The van der Waals surface area contributed by atoms with Gasteiger partial charge in [-0.05, 0) is 76.9 Å². The van der Waals surface area contributed by atoms with Crippen LogP contribution in [0.1, 0.15) is 243 Å². The number of nitrogens with zero attached hydrogens (tertiary/aromatic N) is 1. The van der Waals surface area contributed by atoms with Crippen LogP contribution in [0.4, 0.5) is 0 Å². The molecule has 0 spiro atoms. The Bertz CT molecular complexity index is 1170. The first-order valence-corrected chi connectivity index (χ1v) is 27.2. The van der Waals surface area contributed by atoms with Gasteiger partial charge in [-0.25, -0.2) is 0 Å². The Hall–Kier alpha value is -2.47. The Morgan fingerprint density at radius 3 is 1.65 bits per heavy atom. The zero-order valence-corrected chi connectivity index (χ0v) is 42.3. The number of hydrogen-bond acceptors (Lipinski definition) is 9. The third-order valence-corrected chi connectivity index (χ3v) is 12.3. The number of carbonyl (C=O) groups excluding carboxylic acids is 3. The van der Waals surface area contributed by atoms with Crippen molar-refractivity contribution in [1.82, 2.24) is 15.2 Å². The Morgan fingerprint density at radius 1 is 0.585 bits per heavy atom. The molecule has 65 heavy (non-hydrogen) atoms. The van der Waals surface area contributed by atoms with Crippen LogP contribution in [0.3, 0.4) is 0 Å². The third kappa shape index (κ3) is 40.3. The van der Waals surface area contributed by atoms with E-state index in [1.807, 2.05) is 0 Å². The summed E-state index contributed by atoms with van der Waals surface area (Å²) in [5.74, 6) is -0.252. The molecule has 1 aromatic heterocycles. The van der Waals surface area contributed by atoms with Crippen LogP contribution in [0.25, 0.3) is 0 Å². The maximum atomic E-state index is 12.9. The van der Waals surface area contributed by atoms with Crippen LogP contribution < -0.4 is 5.32 Å². The molecule has 0 aliphatic heterocycles. The van der Waals surface area contributed by atoms with Crippen molar-refractivity contribution in [3.8, 4) is 0 Å². The fourth-order valence-electron chi connectivity index (χ4n) is 8.29. The van der Waals surface area contributed by atoms with Gasteiger partial charge in [0.25, 0.3) is 5.91 Å². The molecule has 380 valence electrons. The topological polar surface area (TPSA) is 139 Å². The molecule has 1 atom stereocenters. The number of nitrogens with one attached hydrogen (secondary N) is 2. The van der Waals surface area contributed by atoms with Gasteiger partial charge in [-0.15, -0.1) is 0 Å². The number of ether oxygens (including phenoxy) is 4. The van der Waals surface area contributed by atoms with Gasteiger partial charge < -0.3 is 39.3 Å². The highest BCUT2D eigenvalue weighted by molar-refractivity contribution is 5.93. The van der Waals surface area contributed by atoms with Gasteiger partial charge in [-0.2, -0.15) is 0 Å². The molecular formula is C54H101N3O8. The smallest absolute Gasteiger partial charge is 0.306 e. The van der Waals surface area contributed by atoms with Crippen LogP contribution in [-0.2, 0) is 28.5 Å². The number of aliphatic hydroxyl groups excluding tert-OH is 1. The van der Waals surface area contributed by atoms with Crippen molar-refractivity contribution in [2.75, 3.05) is 59.2 Å².